The number of imidazole rings is 1. The zero-order valence-corrected chi connectivity index (χ0v) is 14.4. The normalized spacial score (nSPS) is 11.8. The molecule has 0 amide bonds. The monoisotopic (exact) mass is 324 g/mol. The van der Waals surface area contributed by atoms with E-state index in [9.17, 15) is 0 Å². The first-order chi connectivity index (χ1) is 9.85. The number of nitrogens with two attached hydrogens (primary N) is 1. The summed E-state index contributed by atoms with van der Waals surface area (Å²) in [5.74, 6) is 0. The van der Waals surface area contributed by atoms with Crippen molar-refractivity contribution in [1.82, 2.24) is 14.5 Å². The Balaban J connectivity index is 1.95. The molecule has 0 saturated heterocycles. The van der Waals surface area contributed by atoms with Crippen molar-refractivity contribution in [1.29, 1.82) is 0 Å². The van der Waals surface area contributed by atoms with Crippen LogP contribution in [0.25, 0.3) is 11.3 Å². The third-order valence-electron chi connectivity index (χ3n) is 3.05. The van der Waals surface area contributed by atoms with Crippen molar-refractivity contribution in [3.8, 4) is 11.3 Å². The highest BCUT2D eigenvalue weighted by Crippen LogP contribution is 2.25. The van der Waals surface area contributed by atoms with Crippen LogP contribution in [0.5, 0.6) is 0 Å². The molecule has 0 saturated carbocycles. The summed E-state index contributed by atoms with van der Waals surface area (Å²) < 4.78 is 7.58. The van der Waals surface area contributed by atoms with Gasteiger partial charge in [0.25, 0.3) is 0 Å². The number of ether oxygens (including phenoxy) is 1. The molecular formula is C14H21ClN4OSi. The van der Waals surface area contributed by atoms with Gasteiger partial charge >= 0.3 is 0 Å². The summed E-state index contributed by atoms with van der Waals surface area (Å²) in [6.45, 7) is 8.29. The first-order valence-corrected chi connectivity index (χ1v) is 10.9. The Bertz CT molecular complexity index is 609. The van der Waals surface area contributed by atoms with Crippen molar-refractivity contribution >= 4 is 25.4 Å². The fourth-order valence-electron chi connectivity index (χ4n) is 1.78. The fraction of sp³-hybridized carbons (Fsp3) is 0.429. The summed E-state index contributed by atoms with van der Waals surface area (Å²) in [4.78, 5) is 8.37. The van der Waals surface area contributed by atoms with Crippen LogP contribution in [0.15, 0.2) is 24.8 Å². The van der Waals surface area contributed by atoms with Gasteiger partial charge in [0.1, 0.15) is 11.9 Å². The van der Waals surface area contributed by atoms with Crippen molar-refractivity contribution in [2.45, 2.75) is 32.4 Å². The highest BCUT2D eigenvalue weighted by atomic mass is 35.5. The second-order valence-electron chi connectivity index (χ2n) is 6.22. The van der Waals surface area contributed by atoms with E-state index in [1.807, 2.05) is 10.8 Å². The van der Waals surface area contributed by atoms with Crippen LogP contribution < -0.4 is 5.73 Å². The standard InChI is InChI=1S/C14H21ClN4OSi/c1-21(2,3)5-4-20-10-19-8-13(18-9-19)11-7-17-14(15)6-12(11)16/h6-9H,4-5,10H2,1-3H3,(H2,16,17). The molecule has 0 radical (unpaired) electrons. The Labute approximate surface area is 131 Å². The molecular weight excluding hydrogens is 304 g/mol. The molecule has 114 valence electrons. The Morgan fingerprint density at radius 2 is 2.10 bits per heavy atom. The molecule has 2 heterocycles. The van der Waals surface area contributed by atoms with Crippen LogP contribution in [-0.2, 0) is 11.5 Å². The van der Waals surface area contributed by atoms with Gasteiger partial charge in [-0.15, -0.1) is 0 Å². The van der Waals surface area contributed by atoms with Gasteiger partial charge in [-0.25, -0.2) is 9.97 Å². The predicted octanol–water partition coefficient (Wildman–Crippen LogP) is 3.49. The Morgan fingerprint density at radius 3 is 2.76 bits per heavy atom. The molecule has 0 atom stereocenters. The minimum Gasteiger partial charge on any atom is -0.398 e. The van der Waals surface area contributed by atoms with Gasteiger partial charge in [-0.05, 0) is 12.1 Å². The van der Waals surface area contributed by atoms with Crippen LogP contribution in [0, 0.1) is 0 Å². The molecule has 0 fully saturated rings. The van der Waals surface area contributed by atoms with Gasteiger partial charge in [0.2, 0.25) is 0 Å². The van der Waals surface area contributed by atoms with Crippen LogP contribution in [-0.4, -0.2) is 29.2 Å². The van der Waals surface area contributed by atoms with Crippen LogP contribution in [0.3, 0.4) is 0 Å². The molecule has 0 aliphatic carbocycles. The number of nitrogen functional groups attached to an aromatic ring is 1. The van der Waals surface area contributed by atoms with Crippen molar-refractivity contribution in [2.24, 2.45) is 0 Å². The van der Waals surface area contributed by atoms with Crippen LogP contribution in [0.2, 0.25) is 30.8 Å². The van der Waals surface area contributed by atoms with Gasteiger partial charge in [-0.2, -0.15) is 0 Å². The van der Waals surface area contributed by atoms with Crippen molar-refractivity contribution in [3.05, 3.63) is 29.9 Å². The summed E-state index contributed by atoms with van der Waals surface area (Å²) in [6.07, 6.45) is 5.27. The van der Waals surface area contributed by atoms with Gasteiger partial charge in [0, 0.05) is 38.3 Å². The van der Waals surface area contributed by atoms with Crippen LogP contribution in [0.4, 0.5) is 5.69 Å². The number of pyridine rings is 1. The minimum atomic E-state index is -1.04. The lowest BCUT2D eigenvalue weighted by atomic mass is 10.2. The topological polar surface area (TPSA) is 66.0 Å². The van der Waals surface area contributed by atoms with Crippen LogP contribution >= 0.6 is 11.6 Å². The van der Waals surface area contributed by atoms with Gasteiger partial charge in [-0.3, -0.25) is 0 Å². The number of hydrogen-bond acceptors (Lipinski definition) is 4. The number of hydrogen-bond donors (Lipinski definition) is 1. The van der Waals surface area contributed by atoms with Crippen molar-refractivity contribution < 1.29 is 4.74 Å². The minimum absolute atomic E-state index is 0.380. The van der Waals surface area contributed by atoms with E-state index in [0.717, 1.165) is 23.9 Å². The van der Waals surface area contributed by atoms with E-state index in [1.165, 1.54) is 0 Å². The fourth-order valence-corrected chi connectivity index (χ4v) is 2.70. The molecule has 0 aliphatic heterocycles. The van der Waals surface area contributed by atoms with E-state index < -0.39 is 8.07 Å². The lowest BCUT2D eigenvalue weighted by Crippen LogP contribution is -2.21. The van der Waals surface area contributed by atoms with Crippen molar-refractivity contribution in [3.63, 3.8) is 0 Å². The number of aromatic nitrogens is 3. The van der Waals surface area contributed by atoms with Gasteiger partial charge in [-0.1, -0.05) is 31.2 Å². The zero-order chi connectivity index (χ0) is 15.5. The Morgan fingerprint density at radius 1 is 1.33 bits per heavy atom. The van der Waals surface area contributed by atoms with E-state index in [-0.39, 0.29) is 0 Å². The molecule has 2 aromatic heterocycles. The molecule has 5 nitrogen and oxygen atoms in total. The lowest BCUT2D eigenvalue weighted by Gasteiger charge is -2.15. The summed E-state index contributed by atoms with van der Waals surface area (Å²) in [5.41, 5.74) is 8.05. The molecule has 0 spiro atoms. The molecule has 2 rings (SSSR count). The largest absolute Gasteiger partial charge is 0.398 e. The lowest BCUT2D eigenvalue weighted by molar-refractivity contribution is 0.0872. The average molecular weight is 325 g/mol. The summed E-state index contributed by atoms with van der Waals surface area (Å²) in [6, 6.07) is 2.78. The third kappa shape index (κ3) is 4.84. The number of halogens is 1. The maximum absolute atomic E-state index is 5.93. The Kier molecular flexibility index (Phi) is 5.03. The molecule has 0 aliphatic rings. The molecule has 7 heteroatoms. The SMILES string of the molecule is C[Si](C)(C)CCOCn1cnc(-c2cnc(Cl)cc2N)c1. The first kappa shape index (κ1) is 16.0. The number of anilines is 1. The highest BCUT2D eigenvalue weighted by Gasteiger charge is 2.12. The van der Waals surface area contributed by atoms with Gasteiger partial charge in [0.15, 0.2) is 0 Å². The highest BCUT2D eigenvalue weighted by molar-refractivity contribution is 6.76. The van der Waals surface area contributed by atoms with E-state index in [2.05, 4.69) is 29.6 Å². The second kappa shape index (κ2) is 6.59. The van der Waals surface area contributed by atoms with E-state index in [4.69, 9.17) is 22.1 Å². The quantitative estimate of drug-likeness (QED) is 0.502. The van der Waals surface area contributed by atoms with E-state index in [1.54, 1.807) is 18.6 Å². The molecule has 21 heavy (non-hydrogen) atoms. The smallest absolute Gasteiger partial charge is 0.131 e. The summed E-state index contributed by atoms with van der Waals surface area (Å²) in [5, 5.41) is 0.380. The van der Waals surface area contributed by atoms with Gasteiger partial charge < -0.3 is 15.0 Å². The first-order valence-electron chi connectivity index (χ1n) is 6.86. The molecule has 0 bridgehead atoms. The molecule has 2 aromatic rings. The van der Waals surface area contributed by atoms with E-state index in [0.29, 0.717) is 17.6 Å². The Hall–Kier alpha value is -1.37. The van der Waals surface area contributed by atoms with Gasteiger partial charge in [0.05, 0.1) is 12.0 Å². The third-order valence-corrected chi connectivity index (χ3v) is 4.96. The maximum Gasteiger partial charge on any atom is 0.131 e. The van der Waals surface area contributed by atoms with Crippen LogP contribution in [0.1, 0.15) is 0 Å². The molecule has 2 N–H and O–H groups in total. The van der Waals surface area contributed by atoms with Crippen molar-refractivity contribution in [2.75, 3.05) is 12.3 Å². The average Bonchev–Trinajstić information content (AvgIpc) is 2.82. The van der Waals surface area contributed by atoms with E-state index >= 15 is 0 Å². The number of nitrogens with zero attached hydrogens (tertiary/aromatic N) is 3. The zero-order valence-electron chi connectivity index (χ0n) is 12.6. The maximum atomic E-state index is 5.93. The number of rotatable bonds is 6. The second-order valence-corrected chi connectivity index (χ2v) is 12.2. The predicted molar refractivity (Wildman–Crippen MR) is 89.0 cm³/mol. The molecule has 0 aromatic carbocycles. The molecule has 0 unspecified atom stereocenters. The summed E-state index contributed by atoms with van der Waals surface area (Å²) in [7, 11) is -1.04. The summed E-state index contributed by atoms with van der Waals surface area (Å²) >= 11 is 5.80.